The second-order valence-corrected chi connectivity index (χ2v) is 8.29. The second-order valence-electron chi connectivity index (χ2n) is 7.31. The van der Waals surface area contributed by atoms with Crippen LogP contribution in [0.2, 0.25) is 0 Å². The van der Waals surface area contributed by atoms with Crippen molar-refractivity contribution < 1.29 is 9.53 Å². The van der Waals surface area contributed by atoms with Crippen LogP contribution in [0, 0.1) is 5.92 Å². The molecule has 1 aromatic rings. The number of piperidine rings is 1. The predicted molar refractivity (Wildman–Crippen MR) is 110 cm³/mol. The van der Waals surface area contributed by atoms with Gasteiger partial charge in [-0.15, -0.1) is 11.3 Å². The summed E-state index contributed by atoms with van der Waals surface area (Å²) < 4.78 is 5.36. The van der Waals surface area contributed by atoms with Crippen LogP contribution in [0.1, 0.15) is 37.5 Å². The summed E-state index contributed by atoms with van der Waals surface area (Å²) in [6.07, 6.45) is 1.81. The molecule has 1 unspecified atom stereocenters. The zero-order chi connectivity index (χ0) is 19.1. The van der Waals surface area contributed by atoms with Gasteiger partial charge in [0.15, 0.2) is 5.96 Å². The van der Waals surface area contributed by atoms with Crippen LogP contribution in [-0.4, -0.2) is 74.1 Å². The first-order chi connectivity index (χ1) is 13.2. The molecule has 3 heterocycles. The average molecular weight is 393 g/mol. The van der Waals surface area contributed by atoms with Gasteiger partial charge in [-0.05, 0) is 31.2 Å². The van der Waals surface area contributed by atoms with Crippen molar-refractivity contribution in [1.82, 2.24) is 15.1 Å². The predicted octanol–water partition coefficient (Wildman–Crippen LogP) is 2.39. The summed E-state index contributed by atoms with van der Waals surface area (Å²) in [6.45, 7) is 10.6. The van der Waals surface area contributed by atoms with Gasteiger partial charge in [0.25, 0.3) is 0 Å². The largest absolute Gasteiger partial charge is 0.378 e. The molecular formula is C20H32N4O2S. The van der Waals surface area contributed by atoms with Gasteiger partial charge in [-0.2, -0.15) is 0 Å². The molecular weight excluding hydrogens is 360 g/mol. The number of guanidine groups is 1. The van der Waals surface area contributed by atoms with Crippen molar-refractivity contribution in [3.8, 4) is 0 Å². The molecule has 7 heteroatoms. The highest BCUT2D eigenvalue weighted by Crippen LogP contribution is 2.22. The van der Waals surface area contributed by atoms with E-state index in [2.05, 4.69) is 41.6 Å². The Bertz CT molecular complexity index is 606. The number of hydrogen-bond acceptors (Lipinski definition) is 4. The number of carbonyl (C=O) groups excluding carboxylic acids is 1. The van der Waals surface area contributed by atoms with E-state index in [1.54, 1.807) is 11.3 Å². The standard InChI is InChI=1S/C20H32N4O2S/c1-3-21-20(22-15-16(2)18-5-4-14-27-18)24-8-6-17(7-9-24)19(25)23-10-12-26-13-11-23/h4-5,14,16-17H,3,6-13,15H2,1-2H3,(H,21,22). The molecule has 2 saturated heterocycles. The Labute approximate surface area is 166 Å². The first kappa shape index (κ1) is 20.1. The van der Waals surface area contributed by atoms with E-state index in [0.29, 0.717) is 25.0 Å². The van der Waals surface area contributed by atoms with Crippen molar-refractivity contribution >= 4 is 23.2 Å². The summed E-state index contributed by atoms with van der Waals surface area (Å²) >= 11 is 1.79. The summed E-state index contributed by atoms with van der Waals surface area (Å²) in [7, 11) is 0. The van der Waals surface area contributed by atoms with Crippen molar-refractivity contribution in [3.63, 3.8) is 0 Å². The van der Waals surface area contributed by atoms with Crippen molar-refractivity contribution in [1.29, 1.82) is 0 Å². The lowest BCUT2D eigenvalue weighted by molar-refractivity contribution is -0.140. The monoisotopic (exact) mass is 392 g/mol. The first-order valence-electron chi connectivity index (χ1n) is 10.1. The number of aliphatic imine (C=N–C) groups is 1. The fourth-order valence-electron chi connectivity index (χ4n) is 3.69. The minimum Gasteiger partial charge on any atom is -0.378 e. The van der Waals surface area contributed by atoms with E-state index in [9.17, 15) is 4.79 Å². The average Bonchev–Trinajstić information content (AvgIpc) is 3.26. The van der Waals surface area contributed by atoms with Gasteiger partial charge in [-0.3, -0.25) is 9.79 Å². The molecule has 2 aliphatic rings. The number of thiophene rings is 1. The SMILES string of the molecule is CCNC(=NCC(C)c1cccs1)N1CCC(C(=O)N2CCOCC2)CC1. The molecule has 3 rings (SSSR count). The number of amides is 1. The number of morpholine rings is 1. The number of ether oxygens (including phenoxy) is 1. The molecule has 0 aliphatic carbocycles. The van der Waals surface area contributed by atoms with Crippen molar-refractivity contribution in [2.45, 2.75) is 32.6 Å². The number of nitrogens with one attached hydrogen (secondary N) is 1. The first-order valence-corrected chi connectivity index (χ1v) is 11.0. The molecule has 1 N–H and O–H groups in total. The van der Waals surface area contributed by atoms with E-state index >= 15 is 0 Å². The molecule has 0 aromatic carbocycles. The highest BCUT2D eigenvalue weighted by Gasteiger charge is 2.30. The van der Waals surface area contributed by atoms with Gasteiger partial charge in [0.2, 0.25) is 5.91 Å². The molecule has 0 spiro atoms. The summed E-state index contributed by atoms with van der Waals surface area (Å²) in [5.41, 5.74) is 0. The normalized spacial score (nSPS) is 20.6. The maximum atomic E-state index is 12.7. The van der Waals surface area contributed by atoms with Crippen LogP contribution < -0.4 is 5.32 Å². The van der Waals surface area contributed by atoms with Gasteiger partial charge in [0.05, 0.1) is 19.8 Å². The molecule has 0 saturated carbocycles. The van der Waals surface area contributed by atoms with E-state index in [-0.39, 0.29) is 5.92 Å². The molecule has 2 aliphatic heterocycles. The summed E-state index contributed by atoms with van der Waals surface area (Å²) in [5.74, 6) is 1.87. The minimum atomic E-state index is 0.146. The van der Waals surface area contributed by atoms with Crippen LogP contribution in [0.3, 0.4) is 0 Å². The maximum absolute atomic E-state index is 12.7. The molecule has 0 bridgehead atoms. The van der Waals surface area contributed by atoms with E-state index < -0.39 is 0 Å². The minimum absolute atomic E-state index is 0.146. The van der Waals surface area contributed by atoms with E-state index in [0.717, 1.165) is 58.1 Å². The highest BCUT2D eigenvalue weighted by molar-refractivity contribution is 7.10. The van der Waals surface area contributed by atoms with Crippen molar-refractivity contribution in [2.75, 3.05) is 52.5 Å². The Balaban J connectivity index is 1.53. The lowest BCUT2D eigenvalue weighted by atomic mass is 9.95. The zero-order valence-corrected chi connectivity index (χ0v) is 17.3. The smallest absolute Gasteiger partial charge is 0.225 e. The Morgan fingerprint density at radius 1 is 1.30 bits per heavy atom. The molecule has 1 amide bonds. The van der Waals surface area contributed by atoms with E-state index in [1.807, 2.05) is 4.90 Å². The van der Waals surface area contributed by atoms with Crippen LogP contribution in [0.5, 0.6) is 0 Å². The zero-order valence-electron chi connectivity index (χ0n) is 16.5. The van der Waals surface area contributed by atoms with Gasteiger partial charge in [-0.1, -0.05) is 13.0 Å². The Hall–Kier alpha value is -1.60. The van der Waals surface area contributed by atoms with Crippen LogP contribution in [-0.2, 0) is 9.53 Å². The summed E-state index contributed by atoms with van der Waals surface area (Å²) in [4.78, 5) is 23.3. The molecule has 2 fully saturated rings. The van der Waals surface area contributed by atoms with Gasteiger partial charge in [0, 0.05) is 49.4 Å². The van der Waals surface area contributed by atoms with Gasteiger partial charge in [0.1, 0.15) is 0 Å². The van der Waals surface area contributed by atoms with Crippen LogP contribution in [0.15, 0.2) is 22.5 Å². The fourth-order valence-corrected chi connectivity index (χ4v) is 4.47. The maximum Gasteiger partial charge on any atom is 0.225 e. The lowest BCUT2D eigenvalue weighted by Gasteiger charge is -2.36. The quantitative estimate of drug-likeness (QED) is 0.617. The highest BCUT2D eigenvalue weighted by atomic mass is 32.1. The molecule has 6 nitrogen and oxygen atoms in total. The van der Waals surface area contributed by atoms with Crippen LogP contribution >= 0.6 is 11.3 Å². The third-order valence-electron chi connectivity index (χ3n) is 5.35. The van der Waals surface area contributed by atoms with Crippen molar-refractivity contribution in [2.24, 2.45) is 10.9 Å². The summed E-state index contributed by atoms with van der Waals surface area (Å²) in [6, 6.07) is 4.28. The van der Waals surface area contributed by atoms with Crippen molar-refractivity contribution in [3.05, 3.63) is 22.4 Å². The Morgan fingerprint density at radius 3 is 2.67 bits per heavy atom. The third kappa shape index (κ3) is 5.45. The molecule has 27 heavy (non-hydrogen) atoms. The number of carbonyl (C=O) groups is 1. The Morgan fingerprint density at radius 2 is 2.04 bits per heavy atom. The fraction of sp³-hybridized carbons (Fsp3) is 0.700. The molecule has 1 atom stereocenters. The molecule has 0 radical (unpaired) electrons. The number of nitrogens with zero attached hydrogens (tertiary/aromatic N) is 3. The van der Waals surface area contributed by atoms with Gasteiger partial charge >= 0.3 is 0 Å². The van der Waals surface area contributed by atoms with E-state index in [1.165, 1.54) is 4.88 Å². The van der Waals surface area contributed by atoms with Gasteiger partial charge in [-0.25, -0.2) is 0 Å². The number of rotatable bonds is 5. The number of likely N-dealkylation sites (tertiary alicyclic amines) is 1. The molecule has 1 aromatic heterocycles. The summed E-state index contributed by atoms with van der Waals surface area (Å²) in [5, 5.41) is 5.55. The third-order valence-corrected chi connectivity index (χ3v) is 6.45. The molecule has 150 valence electrons. The number of hydrogen-bond donors (Lipinski definition) is 1. The lowest BCUT2D eigenvalue weighted by Crippen LogP contribution is -2.50. The van der Waals surface area contributed by atoms with Crippen LogP contribution in [0.25, 0.3) is 0 Å². The van der Waals surface area contributed by atoms with Gasteiger partial charge < -0.3 is 19.9 Å². The second kappa shape index (κ2) is 10.1. The topological polar surface area (TPSA) is 57.2 Å². The van der Waals surface area contributed by atoms with Crippen LogP contribution in [0.4, 0.5) is 0 Å². The Kier molecular flexibility index (Phi) is 7.52. The van der Waals surface area contributed by atoms with E-state index in [4.69, 9.17) is 9.73 Å².